The van der Waals surface area contributed by atoms with Crippen molar-refractivity contribution in [2.24, 2.45) is 0 Å². The van der Waals surface area contributed by atoms with Gasteiger partial charge >= 0.3 is 5.69 Å². The summed E-state index contributed by atoms with van der Waals surface area (Å²) in [6, 6.07) is 0. The van der Waals surface area contributed by atoms with Crippen LogP contribution in [0.25, 0.3) is 0 Å². The molecule has 0 aliphatic rings. The first-order valence-electron chi connectivity index (χ1n) is 5.21. The Morgan fingerprint density at radius 1 is 1.56 bits per heavy atom. The van der Waals surface area contributed by atoms with Gasteiger partial charge < -0.3 is 10.6 Å². The van der Waals surface area contributed by atoms with Gasteiger partial charge in [-0.15, -0.1) is 0 Å². The van der Waals surface area contributed by atoms with Crippen LogP contribution in [-0.4, -0.2) is 33.9 Å². The van der Waals surface area contributed by atoms with Crippen LogP contribution in [0.15, 0.2) is 6.33 Å². The number of aromatic nitrogens is 2. The summed E-state index contributed by atoms with van der Waals surface area (Å²) in [5, 5.41) is 15.7. The fraction of sp³-hybridized carbons (Fsp3) is 0.444. The highest BCUT2D eigenvalue weighted by atomic mass is 35.5. The summed E-state index contributed by atoms with van der Waals surface area (Å²) >= 11 is 5.59. The lowest BCUT2D eigenvalue weighted by atomic mass is 10.4. The first kappa shape index (κ1) is 14.1. The Bertz CT molecular complexity index is 454. The summed E-state index contributed by atoms with van der Waals surface area (Å²) in [6.45, 7) is 2.35. The molecule has 0 aliphatic heterocycles. The molecule has 0 radical (unpaired) electrons. The number of amides is 1. The van der Waals surface area contributed by atoms with Gasteiger partial charge in [-0.3, -0.25) is 14.9 Å². The average molecular weight is 274 g/mol. The zero-order valence-electron chi connectivity index (χ0n) is 9.64. The number of carbonyl (C=O) groups excluding carboxylic acids is 1. The van der Waals surface area contributed by atoms with Crippen molar-refractivity contribution in [3.63, 3.8) is 0 Å². The minimum Gasteiger partial charge on any atom is -0.355 e. The SMILES string of the molecule is CCCNC(=O)CNc1ncnc(Cl)c1[N+](=O)[O-]. The molecule has 1 rings (SSSR count). The average Bonchev–Trinajstić information content (AvgIpc) is 2.33. The summed E-state index contributed by atoms with van der Waals surface area (Å²) < 4.78 is 0. The van der Waals surface area contributed by atoms with Crippen LogP contribution in [-0.2, 0) is 4.79 Å². The predicted molar refractivity (Wildman–Crippen MR) is 65.5 cm³/mol. The van der Waals surface area contributed by atoms with E-state index in [2.05, 4.69) is 20.6 Å². The van der Waals surface area contributed by atoms with E-state index >= 15 is 0 Å². The Morgan fingerprint density at radius 2 is 2.28 bits per heavy atom. The molecule has 0 aromatic carbocycles. The first-order chi connectivity index (χ1) is 8.56. The lowest BCUT2D eigenvalue weighted by Gasteiger charge is -2.06. The second-order valence-electron chi connectivity index (χ2n) is 3.32. The summed E-state index contributed by atoms with van der Waals surface area (Å²) in [5.41, 5.74) is -0.442. The summed E-state index contributed by atoms with van der Waals surface area (Å²) in [6.07, 6.45) is 1.90. The number of nitro groups is 1. The Kier molecular flexibility index (Phi) is 5.25. The molecule has 0 saturated carbocycles. The van der Waals surface area contributed by atoms with Gasteiger partial charge in [-0.25, -0.2) is 9.97 Å². The van der Waals surface area contributed by atoms with Crippen LogP contribution < -0.4 is 10.6 Å². The van der Waals surface area contributed by atoms with E-state index in [4.69, 9.17) is 11.6 Å². The molecule has 1 aromatic rings. The number of hydrogen-bond acceptors (Lipinski definition) is 6. The van der Waals surface area contributed by atoms with E-state index in [0.717, 1.165) is 12.7 Å². The molecule has 0 spiro atoms. The third kappa shape index (κ3) is 3.81. The molecular weight excluding hydrogens is 262 g/mol. The molecule has 0 aliphatic carbocycles. The minimum atomic E-state index is -0.700. The van der Waals surface area contributed by atoms with Crippen LogP contribution >= 0.6 is 11.6 Å². The maximum atomic E-state index is 11.3. The zero-order valence-corrected chi connectivity index (χ0v) is 10.4. The molecule has 1 amide bonds. The van der Waals surface area contributed by atoms with Crippen LogP contribution in [0, 0.1) is 10.1 Å². The Labute approximate surface area is 108 Å². The molecular formula is C9H12ClN5O3. The van der Waals surface area contributed by atoms with Crippen molar-refractivity contribution in [2.45, 2.75) is 13.3 Å². The highest BCUT2D eigenvalue weighted by Crippen LogP contribution is 2.27. The lowest BCUT2D eigenvalue weighted by molar-refractivity contribution is -0.384. The molecule has 98 valence electrons. The van der Waals surface area contributed by atoms with E-state index in [1.165, 1.54) is 0 Å². The molecule has 0 atom stereocenters. The molecule has 1 heterocycles. The second kappa shape index (κ2) is 6.70. The van der Waals surface area contributed by atoms with E-state index < -0.39 is 10.6 Å². The highest BCUT2D eigenvalue weighted by molar-refractivity contribution is 6.31. The van der Waals surface area contributed by atoms with Crippen molar-refractivity contribution in [2.75, 3.05) is 18.4 Å². The third-order valence-electron chi connectivity index (χ3n) is 1.95. The number of carbonyl (C=O) groups is 1. The number of hydrogen-bond donors (Lipinski definition) is 2. The van der Waals surface area contributed by atoms with Crippen molar-refractivity contribution >= 4 is 29.0 Å². The quantitative estimate of drug-likeness (QED) is 0.454. The van der Waals surface area contributed by atoms with Crippen LogP contribution in [0.1, 0.15) is 13.3 Å². The number of anilines is 1. The van der Waals surface area contributed by atoms with Gasteiger partial charge in [-0.1, -0.05) is 18.5 Å². The molecule has 0 unspecified atom stereocenters. The molecule has 9 heteroatoms. The molecule has 18 heavy (non-hydrogen) atoms. The Morgan fingerprint density at radius 3 is 2.89 bits per heavy atom. The lowest BCUT2D eigenvalue weighted by Crippen LogP contribution is -2.30. The van der Waals surface area contributed by atoms with Gasteiger partial charge in [0, 0.05) is 6.54 Å². The van der Waals surface area contributed by atoms with E-state index in [1.54, 1.807) is 0 Å². The van der Waals surface area contributed by atoms with Gasteiger partial charge in [0.05, 0.1) is 11.5 Å². The van der Waals surface area contributed by atoms with Crippen LogP contribution in [0.2, 0.25) is 5.15 Å². The maximum Gasteiger partial charge on any atom is 0.348 e. The molecule has 1 aromatic heterocycles. The molecule has 2 N–H and O–H groups in total. The van der Waals surface area contributed by atoms with Crippen molar-refractivity contribution in [3.8, 4) is 0 Å². The topological polar surface area (TPSA) is 110 Å². The molecule has 0 bridgehead atoms. The van der Waals surface area contributed by atoms with E-state index in [0.29, 0.717) is 6.54 Å². The number of nitrogens with zero attached hydrogens (tertiary/aromatic N) is 3. The van der Waals surface area contributed by atoms with Crippen molar-refractivity contribution in [1.29, 1.82) is 0 Å². The summed E-state index contributed by atoms with van der Waals surface area (Å²) in [5.74, 6) is -0.354. The number of nitrogens with one attached hydrogen (secondary N) is 2. The van der Waals surface area contributed by atoms with Crippen molar-refractivity contribution in [3.05, 3.63) is 21.6 Å². The van der Waals surface area contributed by atoms with Crippen LogP contribution in [0.4, 0.5) is 11.5 Å². The van der Waals surface area contributed by atoms with Gasteiger partial charge in [0.25, 0.3) is 0 Å². The molecule has 8 nitrogen and oxygen atoms in total. The van der Waals surface area contributed by atoms with Gasteiger partial charge in [-0.2, -0.15) is 0 Å². The van der Waals surface area contributed by atoms with Crippen LogP contribution in [0.5, 0.6) is 0 Å². The van der Waals surface area contributed by atoms with Gasteiger partial charge in [-0.05, 0) is 6.42 Å². The Hall–Kier alpha value is -1.96. The van der Waals surface area contributed by atoms with Gasteiger partial charge in [0.15, 0.2) is 0 Å². The standard InChI is InChI=1S/C9H12ClN5O3/c1-2-3-11-6(16)4-12-9-7(15(17)18)8(10)13-5-14-9/h5H,2-4H2,1H3,(H,11,16)(H,12,13,14). The maximum absolute atomic E-state index is 11.3. The van der Waals surface area contributed by atoms with E-state index in [1.807, 2.05) is 6.92 Å². The predicted octanol–water partition coefficient (Wildman–Crippen LogP) is 0.976. The fourth-order valence-electron chi connectivity index (χ4n) is 1.14. The molecule has 0 saturated heterocycles. The first-order valence-corrected chi connectivity index (χ1v) is 5.59. The van der Waals surface area contributed by atoms with Gasteiger partial charge in [0.1, 0.15) is 6.33 Å². The van der Waals surface area contributed by atoms with E-state index in [9.17, 15) is 14.9 Å². The van der Waals surface area contributed by atoms with Crippen molar-refractivity contribution in [1.82, 2.24) is 15.3 Å². The van der Waals surface area contributed by atoms with Gasteiger partial charge in [0.2, 0.25) is 16.9 Å². The normalized spacial score (nSPS) is 9.89. The smallest absolute Gasteiger partial charge is 0.348 e. The summed E-state index contributed by atoms with van der Waals surface area (Å²) in [4.78, 5) is 28.6. The summed E-state index contributed by atoms with van der Waals surface area (Å²) in [7, 11) is 0. The third-order valence-corrected chi connectivity index (χ3v) is 2.23. The highest BCUT2D eigenvalue weighted by Gasteiger charge is 2.21. The second-order valence-corrected chi connectivity index (χ2v) is 3.68. The van der Waals surface area contributed by atoms with Crippen LogP contribution in [0.3, 0.4) is 0 Å². The Balaban J connectivity index is 2.70. The largest absolute Gasteiger partial charge is 0.355 e. The zero-order chi connectivity index (χ0) is 13.5. The minimum absolute atomic E-state index is 0.0772. The van der Waals surface area contributed by atoms with E-state index in [-0.39, 0.29) is 23.4 Å². The number of rotatable bonds is 6. The van der Waals surface area contributed by atoms with Crippen molar-refractivity contribution < 1.29 is 9.72 Å². The molecule has 0 fully saturated rings. The fourth-order valence-corrected chi connectivity index (χ4v) is 1.34. The number of halogens is 1. The monoisotopic (exact) mass is 273 g/mol.